The van der Waals surface area contributed by atoms with Gasteiger partial charge in [0.15, 0.2) is 0 Å². The van der Waals surface area contributed by atoms with Crippen molar-refractivity contribution in [1.29, 1.82) is 0 Å². The first-order valence-electron chi connectivity index (χ1n) is 2.30. The van der Waals surface area contributed by atoms with Gasteiger partial charge >= 0.3 is 0 Å². The highest BCUT2D eigenvalue weighted by Gasteiger charge is 2.05. The van der Waals surface area contributed by atoms with Gasteiger partial charge < -0.3 is 0 Å². The second kappa shape index (κ2) is 2.94. The largest absolute Gasteiger partial charge is 0.285 e. The summed E-state index contributed by atoms with van der Waals surface area (Å²) in [5.41, 5.74) is 0.00540. The Morgan fingerprint density at radius 3 is 2.10 bits per heavy atom. The smallest absolute Gasteiger partial charge is 0.239 e. The quantitative estimate of drug-likeness (QED) is 0.604. The zero-order chi connectivity index (χ0) is 7.56. The van der Waals surface area contributed by atoms with Gasteiger partial charge in [-0.1, -0.05) is 23.2 Å². The van der Waals surface area contributed by atoms with Crippen LogP contribution in [-0.4, -0.2) is 16.3 Å². The van der Waals surface area contributed by atoms with Crippen LogP contribution in [-0.2, 0) is 4.79 Å². The molecule has 10 heavy (non-hydrogen) atoms. The van der Waals surface area contributed by atoms with Gasteiger partial charge in [0.2, 0.25) is 6.29 Å². The summed E-state index contributed by atoms with van der Waals surface area (Å²) in [5, 5.41) is 0.0463. The fourth-order valence-corrected chi connectivity index (χ4v) is 0.820. The molecule has 1 radical (unpaired) electrons. The highest BCUT2D eigenvalue weighted by Crippen LogP contribution is 2.16. The third-order valence-electron chi connectivity index (χ3n) is 0.857. The molecule has 0 saturated heterocycles. The maximum Gasteiger partial charge on any atom is 0.239 e. The Hall–Kier alpha value is -0.670. The van der Waals surface area contributed by atoms with E-state index in [2.05, 4.69) is 9.97 Å². The van der Waals surface area contributed by atoms with E-state index in [1.807, 2.05) is 0 Å². The van der Waals surface area contributed by atoms with E-state index in [-0.39, 0.29) is 15.9 Å². The molecule has 0 atom stereocenters. The topological polar surface area (TPSA) is 42.9 Å². The van der Waals surface area contributed by atoms with E-state index in [9.17, 15) is 4.79 Å². The lowest BCUT2D eigenvalue weighted by molar-refractivity contribution is 0.562. The zero-order valence-corrected chi connectivity index (χ0v) is 6.15. The van der Waals surface area contributed by atoms with Gasteiger partial charge in [-0.25, -0.2) is 9.97 Å². The molecule has 0 amide bonds. The van der Waals surface area contributed by atoms with E-state index in [4.69, 9.17) is 23.2 Å². The van der Waals surface area contributed by atoms with Crippen LogP contribution in [0, 0.1) is 0 Å². The second-order valence-electron chi connectivity index (χ2n) is 1.43. The number of rotatable bonds is 1. The van der Waals surface area contributed by atoms with Gasteiger partial charge in [0, 0.05) is 0 Å². The third-order valence-corrected chi connectivity index (χ3v) is 1.43. The van der Waals surface area contributed by atoms with E-state index < -0.39 is 0 Å². The van der Waals surface area contributed by atoms with Crippen LogP contribution in [0.4, 0.5) is 0 Å². The van der Waals surface area contributed by atoms with E-state index in [1.165, 1.54) is 12.6 Å². The van der Waals surface area contributed by atoms with Gasteiger partial charge in [-0.2, -0.15) is 0 Å². The molecular formula is C5HCl2N2O. The van der Waals surface area contributed by atoms with Crippen molar-refractivity contribution in [3.05, 3.63) is 22.2 Å². The second-order valence-corrected chi connectivity index (χ2v) is 2.15. The molecule has 5 heteroatoms. The van der Waals surface area contributed by atoms with Crippen molar-refractivity contribution in [3.63, 3.8) is 0 Å². The molecule has 0 spiro atoms. The number of hydrogen-bond donors (Lipinski definition) is 0. The molecule has 3 nitrogen and oxygen atoms in total. The first-order valence-corrected chi connectivity index (χ1v) is 3.05. The van der Waals surface area contributed by atoms with Crippen molar-refractivity contribution in [3.8, 4) is 0 Å². The maximum atomic E-state index is 10.1. The van der Waals surface area contributed by atoms with Crippen LogP contribution in [0.3, 0.4) is 0 Å². The molecule has 0 bridgehead atoms. The number of nitrogens with zero attached hydrogens (tertiary/aromatic N) is 2. The van der Waals surface area contributed by atoms with E-state index in [1.54, 1.807) is 0 Å². The van der Waals surface area contributed by atoms with Crippen LogP contribution in [0.15, 0.2) is 6.33 Å². The Labute approximate surface area is 67.0 Å². The third kappa shape index (κ3) is 1.25. The summed E-state index contributed by atoms with van der Waals surface area (Å²) in [7, 11) is 0. The van der Waals surface area contributed by atoms with Crippen LogP contribution < -0.4 is 0 Å². The first-order chi connectivity index (χ1) is 4.75. The maximum absolute atomic E-state index is 10.1. The van der Waals surface area contributed by atoms with E-state index >= 15 is 0 Å². The lowest BCUT2D eigenvalue weighted by Gasteiger charge is -1.92. The van der Waals surface area contributed by atoms with Crippen molar-refractivity contribution in [1.82, 2.24) is 9.97 Å². The lowest BCUT2D eigenvalue weighted by atomic mass is 10.4. The van der Waals surface area contributed by atoms with Gasteiger partial charge in [-0.3, -0.25) is 4.79 Å². The van der Waals surface area contributed by atoms with Gasteiger partial charge in [0.1, 0.15) is 22.2 Å². The standard InChI is InChI=1S/C5HCl2N2O/c6-4-3(1-10)5(7)9-2-8-4/h2H. The van der Waals surface area contributed by atoms with Crippen molar-refractivity contribution in [2.75, 3.05) is 0 Å². The highest BCUT2D eigenvalue weighted by molar-refractivity contribution is 6.36. The molecule has 0 aliphatic heterocycles. The molecule has 0 fully saturated rings. The SMILES string of the molecule is O=[C]c1c(Cl)ncnc1Cl. The van der Waals surface area contributed by atoms with E-state index in [0.717, 1.165) is 0 Å². The zero-order valence-electron chi connectivity index (χ0n) is 4.64. The fourth-order valence-electron chi connectivity index (χ4n) is 0.429. The first kappa shape index (κ1) is 7.44. The molecular weight excluding hydrogens is 175 g/mol. The minimum atomic E-state index is 0.00540. The van der Waals surface area contributed by atoms with Gasteiger partial charge in [0.25, 0.3) is 0 Å². The molecule has 1 aromatic heterocycles. The average Bonchev–Trinajstić information content (AvgIpc) is 1.88. The van der Waals surface area contributed by atoms with Crippen molar-refractivity contribution < 1.29 is 4.79 Å². The van der Waals surface area contributed by atoms with Crippen LogP contribution >= 0.6 is 23.2 Å². The molecule has 1 heterocycles. The molecule has 51 valence electrons. The predicted molar refractivity (Wildman–Crippen MR) is 36.8 cm³/mol. The molecule has 1 rings (SSSR count). The van der Waals surface area contributed by atoms with Crippen molar-refractivity contribution >= 4 is 29.5 Å². The lowest BCUT2D eigenvalue weighted by Crippen LogP contribution is -1.90. The van der Waals surface area contributed by atoms with Gasteiger partial charge in [-0.15, -0.1) is 0 Å². The number of hydrogen-bond acceptors (Lipinski definition) is 3. The van der Waals surface area contributed by atoms with Crippen LogP contribution in [0.1, 0.15) is 5.56 Å². The molecule has 0 aromatic carbocycles. The average molecular weight is 176 g/mol. The minimum absolute atomic E-state index is 0.00540. The molecule has 0 aliphatic carbocycles. The molecule has 0 unspecified atom stereocenters. The molecule has 0 N–H and O–H groups in total. The Morgan fingerprint density at radius 2 is 1.80 bits per heavy atom. The summed E-state index contributed by atoms with van der Waals surface area (Å²) >= 11 is 10.9. The monoisotopic (exact) mass is 175 g/mol. The summed E-state index contributed by atoms with van der Waals surface area (Å²) < 4.78 is 0. The summed E-state index contributed by atoms with van der Waals surface area (Å²) in [6, 6.07) is 0. The van der Waals surface area contributed by atoms with Crippen LogP contribution in [0.25, 0.3) is 0 Å². The normalized spacial score (nSPS) is 9.40. The van der Waals surface area contributed by atoms with Crippen molar-refractivity contribution in [2.24, 2.45) is 0 Å². The van der Waals surface area contributed by atoms with Gasteiger partial charge in [0.05, 0.1) is 0 Å². The summed E-state index contributed by atoms with van der Waals surface area (Å²) in [6.07, 6.45) is 2.70. The Morgan fingerprint density at radius 1 is 1.30 bits per heavy atom. The molecule has 1 aromatic rings. The predicted octanol–water partition coefficient (Wildman–Crippen LogP) is 1.24. The molecule has 0 aliphatic rings. The summed E-state index contributed by atoms with van der Waals surface area (Å²) in [6.45, 7) is 0. The van der Waals surface area contributed by atoms with E-state index in [0.29, 0.717) is 0 Å². The van der Waals surface area contributed by atoms with Crippen LogP contribution in [0.2, 0.25) is 10.3 Å². The Kier molecular flexibility index (Phi) is 2.19. The van der Waals surface area contributed by atoms with Crippen molar-refractivity contribution in [2.45, 2.75) is 0 Å². The number of aromatic nitrogens is 2. The summed E-state index contributed by atoms with van der Waals surface area (Å²) in [5.74, 6) is 0. The minimum Gasteiger partial charge on any atom is -0.285 e. The Balaban J connectivity index is 3.30. The fraction of sp³-hybridized carbons (Fsp3) is 0. The van der Waals surface area contributed by atoms with Crippen LogP contribution in [0.5, 0.6) is 0 Å². The highest BCUT2D eigenvalue weighted by atomic mass is 35.5. The number of halogens is 2. The Bertz CT molecular complexity index is 244. The molecule has 0 saturated carbocycles. The summed E-state index contributed by atoms with van der Waals surface area (Å²) in [4.78, 5) is 17.1. The van der Waals surface area contributed by atoms with Gasteiger partial charge in [-0.05, 0) is 0 Å². The number of carbonyl (C=O) groups excluding carboxylic acids is 1.